The molecule has 8 nitrogen and oxygen atoms in total. The van der Waals surface area contributed by atoms with Crippen molar-refractivity contribution in [3.05, 3.63) is 42.5 Å². The van der Waals surface area contributed by atoms with E-state index in [1.165, 1.54) is 7.11 Å². The maximum absolute atomic E-state index is 11.4. The first-order chi connectivity index (χ1) is 13.2. The molecule has 3 aromatic rings. The van der Waals surface area contributed by atoms with Crippen LogP contribution in [0.25, 0.3) is 17.1 Å². The predicted molar refractivity (Wildman–Crippen MR) is 98.8 cm³/mol. The zero-order valence-electron chi connectivity index (χ0n) is 14.3. The highest BCUT2D eigenvalue weighted by Gasteiger charge is 2.19. The Kier molecular flexibility index (Phi) is 4.55. The lowest BCUT2D eigenvalue weighted by atomic mass is 10.2. The molecule has 1 aliphatic rings. The van der Waals surface area contributed by atoms with Gasteiger partial charge < -0.3 is 19.5 Å². The number of ether oxygens (including phenoxy) is 3. The number of methoxy groups -OCH3 is 1. The van der Waals surface area contributed by atoms with Gasteiger partial charge in [-0.1, -0.05) is 0 Å². The van der Waals surface area contributed by atoms with Crippen molar-refractivity contribution < 1.29 is 19.0 Å². The maximum atomic E-state index is 11.4. The summed E-state index contributed by atoms with van der Waals surface area (Å²) < 4.78 is 17.6. The van der Waals surface area contributed by atoms with Crippen LogP contribution < -0.4 is 19.5 Å². The molecule has 0 radical (unpaired) electrons. The highest BCUT2D eigenvalue weighted by Crippen LogP contribution is 2.36. The Balaban J connectivity index is 1.71. The predicted octanol–water partition coefficient (Wildman–Crippen LogP) is 2.85. The van der Waals surface area contributed by atoms with Gasteiger partial charge in [0.15, 0.2) is 17.3 Å². The fourth-order valence-electron chi connectivity index (χ4n) is 2.66. The van der Waals surface area contributed by atoms with Crippen molar-refractivity contribution in [2.75, 3.05) is 25.1 Å². The minimum Gasteiger partial charge on any atom is -0.466 e. The van der Waals surface area contributed by atoms with Gasteiger partial charge >= 0.3 is 6.01 Å². The Morgan fingerprint density at radius 2 is 2.00 bits per heavy atom. The Bertz CT molecular complexity index is 988. The van der Waals surface area contributed by atoms with E-state index in [2.05, 4.69) is 15.4 Å². The summed E-state index contributed by atoms with van der Waals surface area (Å²) in [5.74, 6) is 1.56. The van der Waals surface area contributed by atoms with Gasteiger partial charge in [-0.05, 0) is 42.5 Å². The molecule has 0 aliphatic carbocycles. The highest BCUT2D eigenvalue weighted by molar-refractivity contribution is 6.29. The second-order valence-corrected chi connectivity index (χ2v) is 5.90. The summed E-state index contributed by atoms with van der Waals surface area (Å²) in [7, 11) is 1.51. The Morgan fingerprint density at radius 1 is 1.22 bits per heavy atom. The molecule has 0 atom stereocenters. The molecule has 0 bridgehead atoms. The van der Waals surface area contributed by atoms with E-state index in [4.69, 9.17) is 25.8 Å². The lowest BCUT2D eigenvalue weighted by Crippen LogP contribution is -2.12. The number of hydrogen-bond acceptors (Lipinski definition) is 6. The van der Waals surface area contributed by atoms with Crippen molar-refractivity contribution in [3.8, 4) is 34.6 Å². The molecule has 1 aromatic heterocycles. The van der Waals surface area contributed by atoms with E-state index in [1.54, 1.807) is 16.8 Å². The van der Waals surface area contributed by atoms with E-state index in [-0.39, 0.29) is 24.6 Å². The number of halogens is 1. The van der Waals surface area contributed by atoms with Crippen LogP contribution in [0.1, 0.15) is 0 Å². The van der Waals surface area contributed by atoms with Gasteiger partial charge in [-0.25, -0.2) is 4.68 Å². The van der Waals surface area contributed by atoms with Gasteiger partial charge in [-0.15, -0.1) is 16.7 Å². The van der Waals surface area contributed by atoms with Crippen LogP contribution in [0.15, 0.2) is 42.5 Å². The number of amides is 1. The number of nitrogens with one attached hydrogen (secondary N) is 1. The van der Waals surface area contributed by atoms with Crippen molar-refractivity contribution in [2.45, 2.75) is 0 Å². The van der Waals surface area contributed by atoms with Gasteiger partial charge in [-0.3, -0.25) is 4.79 Å². The van der Waals surface area contributed by atoms with Crippen LogP contribution in [-0.4, -0.2) is 40.5 Å². The third-order valence-corrected chi connectivity index (χ3v) is 4.16. The van der Waals surface area contributed by atoms with Gasteiger partial charge in [0.25, 0.3) is 0 Å². The van der Waals surface area contributed by atoms with Crippen molar-refractivity contribution in [3.63, 3.8) is 0 Å². The fraction of sp³-hybridized carbons (Fsp3) is 0.167. The number of hydrogen-bond donors (Lipinski definition) is 1. The first kappa shape index (κ1) is 17.2. The van der Waals surface area contributed by atoms with Crippen molar-refractivity contribution >= 4 is 23.2 Å². The molecule has 1 N–H and O–H groups in total. The number of alkyl halides is 1. The van der Waals surface area contributed by atoms with E-state index in [9.17, 15) is 4.79 Å². The summed E-state index contributed by atoms with van der Waals surface area (Å²) in [6.07, 6.45) is 0. The average molecular weight is 387 g/mol. The molecule has 0 saturated carbocycles. The number of nitrogens with zero attached hydrogens (tertiary/aromatic N) is 3. The topological polar surface area (TPSA) is 87.5 Å². The number of benzene rings is 2. The molecule has 0 unspecified atom stereocenters. The molecule has 1 amide bonds. The van der Waals surface area contributed by atoms with Gasteiger partial charge in [0.2, 0.25) is 12.7 Å². The second-order valence-electron chi connectivity index (χ2n) is 5.63. The first-order valence-electron chi connectivity index (χ1n) is 8.05. The van der Waals surface area contributed by atoms with Crippen LogP contribution in [0.5, 0.6) is 17.5 Å². The van der Waals surface area contributed by atoms with E-state index < -0.39 is 0 Å². The molecular weight excluding hydrogens is 372 g/mol. The van der Waals surface area contributed by atoms with Crippen molar-refractivity contribution in [1.82, 2.24) is 14.8 Å². The summed E-state index contributed by atoms with van der Waals surface area (Å²) in [4.78, 5) is 15.8. The monoisotopic (exact) mass is 386 g/mol. The smallest absolute Gasteiger partial charge is 0.336 e. The van der Waals surface area contributed by atoms with Crippen LogP contribution in [0.2, 0.25) is 0 Å². The van der Waals surface area contributed by atoms with Crippen LogP contribution in [0, 0.1) is 0 Å². The lowest BCUT2D eigenvalue weighted by Gasteiger charge is -2.08. The number of carbonyl (C=O) groups is 1. The molecule has 9 heteroatoms. The first-order valence-corrected chi connectivity index (χ1v) is 8.58. The van der Waals surface area contributed by atoms with Crippen molar-refractivity contribution in [2.24, 2.45) is 0 Å². The van der Waals surface area contributed by atoms with Gasteiger partial charge in [0, 0.05) is 11.3 Å². The van der Waals surface area contributed by atoms with Crippen LogP contribution in [-0.2, 0) is 4.79 Å². The number of carbonyl (C=O) groups excluding carboxylic acids is 1. The van der Waals surface area contributed by atoms with Crippen molar-refractivity contribution in [1.29, 1.82) is 0 Å². The number of anilines is 1. The minimum absolute atomic E-state index is 0.101. The van der Waals surface area contributed by atoms with Crippen LogP contribution in [0.4, 0.5) is 5.69 Å². The quantitative estimate of drug-likeness (QED) is 0.678. The second kappa shape index (κ2) is 7.16. The highest BCUT2D eigenvalue weighted by atomic mass is 35.5. The summed E-state index contributed by atoms with van der Waals surface area (Å²) in [5.41, 5.74) is 2.19. The summed E-state index contributed by atoms with van der Waals surface area (Å²) in [6.45, 7) is 0.199. The molecule has 0 saturated heterocycles. The van der Waals surface area contributed by atoms with Crippen LogP contribution in [0.3, 0.4) is 0 Å². The summed E-state index contributed by atoms with van der Waals surface area (Å²) in [5, 5.41) is 7.07. The lowest BCUT2D eigenvalue weighted by molar-refractivity contribution is -0.113. The molecule has 4 rings (SSSR count). The molecule has 1 aliphatic heterocycles. The third kappa shape index (κ3) is 3.39. The molecule has 138 valence electrons. The SMILES string of the molecule is COc1nc(-c2ccc3c(c2)OCO3)n(-c2ccc(NC(=O)CCl)cc2)n1. The normalized spacial score (nSPS) is 12.1. The summed E-state index contributed by atoms with van der Waals surface area (Å²) >= 11 is 5.51. The van der Waals surface area contributed by atoms with Gasteiger partial charge in [0.05, 0.1) is 12.8 Å². The van der Waals surface area contributed by atoms with E-state index in [0.29, 0.717) is 23.0 Å². The Hall–Kier alpha value is -3.26. The number of rotatable bonds is 5. The summed E-state index contributed by atoms with van der Waals surface area (Å²) in [6, 6.07) is 12.9. The Morgan fingerprint density at radius 3 is 2.74 bits per heavy atom. The molecule has 2 heterocycles. The zero-order valence-corrected chi connectivity index (χ0v) is 15.1. The standard InChI is InChI=1S/C18H15ClN4O4/c1-25-18-21-17(11-2-7-14-15(8-11)27-10-26-14)23(22-18)13-5-3-12(4-6-13)20-16(24)9-19/h2-8H,9-10H2,1H3,(H,20,24). The van der Waals surface area contributed by atoms with E-state index in [1.807, 2.05) is 30.3 Å². The fourth-order valence-corrected chi connectivity index (χ4v) is 2.73. The number of aromatic nitrogens is 3. The molecule has 0 spiro atoms. The zero-order chi connectivity index (χ0) is 18.8. The van der Waals surface area contributed by atoms with Gasteiger partial charge in [0.1, 0.15) is 5.88 Å². The van der Waals surface area contributed by atoms with E-state index in [0.717, 1.165) is 11.3 Å². The third-order valence-electron chi connectivity index (χ3n) is 3.92. The van der Waals surface area contributed by atoms with Gasteiger partial charge in [-0.2, -0.15) is 4.98 Å². The molecule has 0 fully saturated rings. The average Bonchev–Trinajstić information content (AvgIpc) is 3.34. The number of fused-ring (bicyclic) bond motifs is 1. The van der Waals surface area contributed by atoms with E-state index >= 15 is 0 Å². The molecular formula is C18H15ClN4O4. The molecule has 27 heavy (non-hydrogen) atoms. The Labute approximate surface area is 159 Å². The van der Waals surface area contributed by atoms with Crippen LogP contribution >= 0.6 is 11.6 Å². The minimum atomic E-state index is -0.270. The largest absolute Gasteiger partial charge is 0.466 e. The molecule has 2 aromatic carbocycles. The maximum Gasteiger partial charge on any atom is 0.336 e.